The van der Waals surface area contributed by atoms with Gasteiger partial charge in [-0.25, -0.2) is 12.8 Å². The Labute approximate surface area is 122 Å². The summed E-state index contributed by atoms with van der Waals surface area (Å²) in [4.78, 5) is 12.0. The Morgan fingerprint density at radius 1 is 1.05 bits per heavy atom. The average Bonchev–Trinajstić information content (AvgIpc) is 2.40. The van der Waals surface area contributed by atoms with E-state index in [0.29, 0.717) is 16.8 Å². The van der Waals surface area contributed by atoms with Gasteiger partial charge in [-0.05, 0) is 42.0 Å². The van der Waals surface area contributed by atoms with Crippen molar-refractivity contribution in [2.45, 2.75) is 5.75 Å². The lowest BCUT2D eigenvalue weighted by Gasteiger charge is -2.06. The highest BCUT2D eigenvalue weighted by atomic mass is 32.2. The molecule has 0 unspecified atom stereocenters. The molecular formula is C15H14FNO3S. The van der Waals surface area contributed by atoms with Gasteiger partial charge in [0.05, 0.1) is 5.75 Å². The van der Waals surface area contributed by atoms with E-state index in [2.05, 4.69) is 5.32 Å². The van der Waals surface area contributed by atoms with Crippen molar-refractivity contribution in [3.63, 3.8) is 0 Å². The molecule has 2 rings (SSSR count). The minimum atomic E-state index is -3.10. The van der Waals surface area contributed by atoms with Gasteiger partial charge in [0.15, 0.2) is 9.84 Å². The van der Waals surface area contributed by atoms with Crippen LogP contribution in [0.2, 0.25) is 0 Å². The lowest BCUT2D eigenvalue weighted by atomic mass is 10.1. The molecule has 0 radical (unpaired) electrons. The normalized spacial score (nSPS) is 11.1. The third-order valence-corrected chi connectivity index (χ3v) is 3.60. The molecule has 1 N–H and O–H groups in total. The van der Waals surface area contributed by atoms with Crippen LogP contribution in [-0.2, 0) is 15.6 Å². The molecule has 0 bridgehead atoms. The van der Waals surface area contributed by atoms with Crippen molar-refractivity contribution in [2.24, 2.45) is 0 Å². The Morgan fingerprint density at radius 3 is 2.14 bits per heavy atom. The van der Waals surface area contributed by atoms with E-state index in [0.717, 1.165) is 6.26 Å². The molecule has 0 aromatic heterocycles. The lowest BCUT2D eigenvalue weighted by molar-refractivity contribution is 0.102. The SMILES string of the molecule is CS(=O)(=O)Cc1ccc(C(=O)Nc2ccc(F)cc2)cc1. The van der Waals surface area contributed by atoms with Gasteiger partial charge in [-0.15, -0.1) is 0 Å². The maximum absolute atomic E-state index is 12.8. The molecule has 6 heteroatoms. The van der Waals surface area contributed by atoms with Gasteiger partial charge in [-0.1, -0.05) is 12.1 Å². The van der Waals surface area contributed by atoms with Gasteiger partial charge < -0.3 is 5.32 Å². The van der Waals surface area contributed by atoms with Crippen LogP contribution in [0.15, 0.2) is 48.5 Å². The fourth-order valence-electron chi connectivity index (χ4n) is 1.79. The molecule has 0 aliphatic rings. The maximum Gasteiger partial charge on any atom is 0.255 e. The largest absolute Gasteiger partial charge is 0.322 e. The van der Waals surface area contributed by atoms with Crippen LogP contribution < -0.4 is 5.32 Å². The van der Waals surface area contributed by atoms with Crippen molar-refractivity contribution >= 4 is 21.4 Å². The number of hydrogen-bond acceptors (Lipinski definition) is 3. The summed E-state index contributed by atoms with van der Waals surface area (Å²) in [6.07, 6.45) is 1.15. The topological polar surface area (TPSA) is 63.2 Å². The van der Waals surface area contributed by atoms with E-state index in [1.165, 1.54) is 24.3 Å². The number of carbonyl (C=O) groups excluding carboxylic acids is 1. The van der Waals surface area contributed by atoms with Crippen molar-refractivity contribution in [3.05, 3.63) is 65.5 Å². The smallest absolute Gasteiger partial charge is 0.255 e. The number of sulfone groups is 1. The van der Waals surface area contributed by atoms with Gasteiger partial charge in [0, 0.05) is 17.5 Å². The van der Waals surface area contributed by atoms with Crippen LogP contribution in [0.1, 0.15) is 15.9 Å². The fourth-order valence-corrected chi connectivity index (χ4v) is 2.59. The summed E-state index contributed by atoms with van der Waals surface area (Å²) in [5.41, 5.74) is 1.51. The van der Waals surface area contributed by atoms with Crippen LogP contribution in [0.4, 0.5) is 10.1 Å². The fraction of sp³-hybridized carbons (Fsp3) is 0.133. The summed E-state index contributed by atoms with van der Waals surface area (Å²) in [7, 11) is -3.10. The molecule has 0 fully saturated rings. The molecule has 0 spiro atoms. The monoisotopic (exact) mass is 307 g/mol. The van der Waals surface area contributed by atoms with Crippen LogP contribution in [0.3, 0.4) is 0 Å². The summed E-state index contributed by atoms with van der Waals surface area (Å²) < 4.78 is 35.1. The molecule has 0 saturated carbocycles. The molecule has 0 atom stereocenters. The minimum absolute atomic E-state index is 0.0626. The minimum Gasteiger partial charge on any atom is -0.322 e. The lowest BCUT2D eigenvalue weighted by Crippen LogP contribution is -2.12. The average molecular weight is 307 g/mol. The number of hydrogen-bond donors (Lipinski definition) is 1. The number of benzene rings is 2. The zero-order valence-electron chi connectivity index (χ0n) is 11.3. The summed E-state index contributed by atoms with van der Waals surface area (Å²) in [5.74, 6) is -0.780. The highest BCUT2D eigenvalue weighted by Crippen LogP contribution is 2.12. The zero-order chi connectivity index (χ0) is 15.5. The highest BCUT2D eigenvalue weighted by molar-refractivity contribution is 7.89. The summed E-state index contributed by atoms with van der Waals surface area (Å²) >= 11 is 0. The first-order valence-corrected chi connectivity index (χ1v) is 8.23. The second-order valence-electron chi connectivity index (χ2n) is 4.73. The second-order valence-corrected chi connectivity index (χ2v) is 6.87. The first-order valence-electron chi connectivity index (χ1n) is 6.17. The van der Waals surface area contributed by atoms with E-state index < -0.39 is 9.84 Å². The Kier molecular flexibility index (Phi) is 4.37. The number of anilines is 1. The van der Waals surface area contributed by atoms with Crippen LogP contribution in [0.5, 0.6) is 0 Å². The third kappa shape index (κ3) is 4.68. The predicted octanol–water partition coefficient (Wildman–Crippen LogP) is 2.62. The molecule has 21 heavy (non-hydrogen) atoms. The van der Waals surface area contributed by atoms with Gasteiger partial charge in [0.25, 0.3) is 5.91 Å². The van der Waals surface area contributed by atoms with Crippen molar-refractivity contribution in [2.75, 3.05) is 11.6 Å². The van der Waals surface area contributed by atoms with Crippen LogP contribution in [-0.4, -0.2) is 20.6 Å². The van der Waals surface area contributed by atoms with Gasteiger partial charge in [-0.3, -0.25) is 4.79 Å². The van der Waals surface area contributed by atoms with Crippen LogP contribution in [0.25, 0.3) is 0 Å². The Morgan fingerprint density at radius 2 is 1.62 bits per heavy atom. The number of carbonyl (C=O) groups is 1. The highest BCUT2D eigenvalue weighted by Gasteiger charge is 2.08. The molecule has 4 nitrogen and oxygen atoms in total. The van der Waals surface area contributed by atoms with E-state index in [1.54, 1.807) is 24.3 Å². The van der Waals surface area contributed by atoms with Crippen molar-refractivity contribution in [1.82, 2.24) is 0 Å². The van der Waals surface area contributed by atoms with Crippen molar-refractivity contribution in [3.8, 4) is 0 Å². The Balaban J connectivity index is 2.08. The Bertz CT molecular complexity index is 737. The molecule has 2 aromatic carbocycles. The van der Waals surface area contributed by atoms with Gasteiger partial charge in [0.1, 0.15) is 5.82 Å². The molecule has 110 valence electrons. The number of rotatable bonds is 4. The molecular weight excluding hydrogens is 293 g/mol. The first kappa shape index (κ1) is 15.2. The van der Waals surface area contributed by atoms with E-state index in [-0.39, 0.29) is 17.5 Å². The van der Waals surface area contributed by atoms with Gasteiger partial charge in [-0.2, -0.15) is 0 Å². The summed E-state index contributed by atoms with van der Waals surface area (Å²) in [6.45, 7) is 0. The van der Waals surface area contributed by atoms with Crippen LogP contribution >= 0.6 is 0 Å². The van der Waals surface area contributed by atoms with Gasteiger partial charge in [0.2, 0.25) is 0 Å². The maximum atomic E-state index is 12.8. The molecule has 0 aliphatic heterocycles. The number of halogens is 1. The van der Waals surface area contributed by atoms with Crippen LogP contribution in [0, 0.1) is 5.82 Å². The molecule has 1 amide bonds. The van der Waals surface area contributed by atoms with E-state index in [4.69, 9.17) is 0 Å². The van der Waals surface area contributed by atoms with E-state index >= 15 is 0 Å². The Hall–Kier alpha value is -2.21. The zero-order valence-corrected chi connectivity index (χ0v) is 12.2. The summed E-state index contributed by atoms with van der Waals surface area (Å²) in [5, 5.41) is 2.63. The van der Waals surface area contributed by atoms with Gasteiger partial charge >= 0.3 is 0 Å². The summed E-state index contributed by atoms with van der Waals surface area (Å²) in [6, 6.07) is 11.7. The van der Waals surface area contributed by atoms with Crippen molar-refractivity contribution < 1.29 is 17.6 Å². The third-order valence-electron chi connectivity index (χ3n) is 2.75. The molecule has 0 aliphatic carbocycles. The van der Waals surface area contributed by atoms with E-state index in [1.807, 2.05) is 0 Å². The molecule has 2 aromatic rings. The molecule has 0 heterocycles. The first-order chi connectivity index (χ1) is 9.83. The second kappa shape index (κ2) is 6.05. The van der Waals surface area contributed by atoms with E-state index in [9.17, 15) is 17.6 Å². The molecule has 0 saturated heterocycles. The standard InChI is InChI=1S/C15H14FNO3S/c1-21(19,20)10-11-2-4-12(5-3-11)15(18)17-14-8-6-13(16)7-9-14/h2-9H,10H2,1H3,(H,17,18). The number of amides is 1. The predicted molar refractivity (Wildman–Crippen MR) is 79.3 cm³/mol. The number of nitrogens with one attached hydrogen (secondary N) is 1. The van der Waals surface area contributed by atoms with Crippen molar-refractivity contribution in [1.29, 1.82) is 0 Å². The quantitative estimate of drug-likeness (QED) is 0.944.